The number of hydrogen-bond acceptors (Lipinski definition) is 4. The van der Waals surface area contributed by atoms with E-state index in [0.717, 1.165) is 9.77 Å². The number of ether oxygens (including phenoxy) is 1. The molecule has 1 heterocycles. The van der Waals surface area contributed by atoms with E-state index in [9.17, 15) is 4.21 Å². The van der Waals surface area contributed by atoms with Crippen LogP contribution in [0.25, 0.3) is 0 Å². The predicted octanol–water partition coefficient (Wildman–Crippen LogP) is 5.62. The third kappa shape index (κ3) is 5.63. The standard InChI is InChI=1S/C18H36N2O2S2Si/c1-14(2)12-22-18(6,7)15-11-16(23-13-15)24(21,19-8)20-25(9,10)17(3,4)5/h11,13-14H,12H2,1-10H3,(H,19,20,21). The molecule has 7 heteroatoms. The van der Waals surface area contributed by atoms with Crippen molar-refractivity contribution in [1.29, 1.82) is 0 Å². The molecule has 0 aliphatic carbocycles. The third-order valence-electron chi connectivity index (χ3n) is 4.79. The smallest absolute Gasteiger partial charge is 0.195 e. The van der Waals surface area contributed by atoms with Crippen molar-refractivity contribution in [2.24, 2.45) is 9.95 Å². The highest BCUT2D eigenvalue weighted by Gasteiger charge is 2.38. The van der Waals surface area contributed by atoms with Crippen molar-refractivity contribution in [1.82, 2.24) is 4.72 Å². The zero-order valence-electron chi connectivity index (χ0n) is 17.5. The number of nitrogens with one attached hydrogen (secondary N) is 1. The maximum absolute atomic E-state index is 13.6. The Balaban J connectivity index is 3.28. The van der Waals surface area contributed by atoms with Crippen molar-refractivity contribution in [2.75, 3.05) is 13.7 Å². The molecule has 0 fully saturated rings. The van der Waals surface area contributed by atoms with Crippen molar-refractivity contribution in [2.45, 2.75) is 76.4 Å². The monoisotopic (exact) mass is 404 g/mol. The molecule has 0 radical (unpaired) electrons. The van der Waals surface area contributed by atoms with Crippen LogP contribution in [0.3, 0.4) is 0 Å². The lowest BCUT2D eigenvalue weighted by molar-refractivity contribution is -0.0345. The van der Waals surface area contributed by atoms with Gasteiger partial charge in [-0.25, -0.2) is 8.93 Å². The van der Waals surface area contributed by atoms with Gasteiger partial charge >= 0.3 is 0 Å². The van der Waals surface area contributed by atoms with E-state index >= 15 is 0 Å². The lowest BCUT2D eigenvalue weighted by Crippen LogP contribution is -2.38. The fraction of sp³-hybridized carbons (Fsp3) is 0.778. The molecule has 1 aromatic heterocycles. The molecule has 146 valence electrons. The number of rotatable bonds is 7. The van der Waals surface area contributed by atoms with E-state index in [1.165, 1.54) is 11.3 Å². The number of thiophene rings is 1. The third-order valence-corrected chi connectivity index (χ3v) is 14.2. The van der Waals surface area contributed by atoms with Crippen molar-refractivity contribution in [3.8, 4) is 0 Å². The fourth-order valence-electron chi connectivity index (χ4n) is 1.89. The Hall–Kier alpha value is -0.213. The minimum absolute atomic E-state index is 0.0479. The Morgan fingerprint density at radius 1 is 1.28 bits per heavy atom. The Bertz CT molecular complexity index is 694. The molecule has 1 aromatic rings. The molecule has 0 saturated heterocycles. The summed E-state index contributed by atoms with van der Waals surface area (Å²) >= 11 is 1.50. The van der Waals surface area contributed by atoms with Crippen LogP contribution in [0.5, 0.6) is 0 Å². The van der Waals surface area contributed by atoms with E-state index in [4.69, 9.17) is 8.77 Å². The molecule has 0 spiro atoms. The van der Waals surface area contributed by atoms with Gasteiger partial charge in [0.1, 0.15) is 14.1 Å². The van der Waals surface area contributed by atoms with E-state index in [1.54, 1.807) is 7.05 Å². The molecule has 1 rings (SSSR count). The lowest BCUT2D eigenvalue weighted by atomic mass is 10.0. The van der Waals surface area contributed by atoms with Crippen LogP contribution in [0.4, 0.5) is 0 Å². The Morgan fingerprint density at radius 2 is 1.84 bits per heavy atom. The topological polar surface area (TPSA) is 50.7 Å². The highest BCUT2D eigenvalue weighted by molar-refractivity contribution is 7.94. The number of hydrogen-bond donors (Lipinski definition) is 1. The summed E-state index contributed by atoms with van der Waals surface area (Å²) in [5, 5.41) is 2.10. The van der Waals surface area contributed by atoms with Crippen LogP contribution < -0.4 is 4.72 Å². The van der Waals surface area contributed by atoms with Gasteiger partial charge in [0, 0.05) is 0 Å². The second-order valence-electron chi connectivity index (χ2n) is 9.00. The van der Waals surface area contributed by atoms with Gasteiger partial charge in [0.05, 0.1) is 12.2 Å². The van der Waals surface area contributed by atoms with Crippen LogP contribution in [-0.2, 0) is 20.3 Å². The van der Waals surface area contributed by atoms with Crippen LogP contribution in [0.2, 0.25) is 18.1 Å². The van der Waals surface area contributed by atoms with Crippen LogP contribution in [-0.4, -0.2) is 26.1 Å². The first-order valence-electron chi connectivity index (χ1n) is 8.84. The van der Waals surface area contributed by atoms with Crippen LogP contribution in [0, 0.1) is 5.92 Å². The van der Waals surface area contributed by atoms with Gasteiger partial charge in [-0.3, -0.25) is 4.03 Å². The summed E-state index contributed by atoms with van der Waals surface area (Å²) in [7, 11) is -2.93. The van der Waals surface area contributed by atoms with Gasteiger partial charge in [-0.2, -0.15) is 0 Å². The molecule has 0 saturated carbocycles. The fourth-order valence-corrected chi connectivity index (χ4v) is 8.81. The van der Waals surface area contributed by atoms with E-state index in [0.29, 0.717) is 12.5 Å². The summed E-state index contributed by atoms with van der Waals surface area (Å²) in [6.45, 7) is 20.0. The van der Waals surface area contributed by atoms with Crippen LogP contribution in [0.15, 0.2) is 19.7 Å². The summed E-state index contributed by atoms with van der Waals surface area (Å²) in [6, 6.07) is 2.00. The predicted molar refractivity (Wildman–Crippen MR) is 113 cm³/mol. The van der Waals surface area contributed by atoms with Gasteiger partial charge in [0.25, 0.3) is 0 Å². The summed E-state index contributed by atoms with van der Waals surface area (Å²) in [6.07, 6.45) is 0. The maximum atomic E-state index is 13.6. The summed E-state index contributed by atoms with van der Waals surface area (Å²) in [4.78, 5) is 0. The van der Waals surface area contributed by atoms with Gasteiger partial charge in [-0.15, -0.1) is 11.3 Å². The zero-order valence-corrected chi connectivity index (χ0v) is 20.2. The van der Waals surface area contributed by atoms with Crippen molar-refractivity contribution in [3.63, 3.8) is 0 Å². The molecule has 25 heavy (non-hydrogen) atoms. The second kappa shape index (κ2) is 7.80. The SMILES string of the molecule is CNS(=O)(=N[Si](C)(C)C(C)(C)C)c1cc(C(C)(C)OCC(C)C)cs1. The molecular weight excluding hydrogens is 368 g/mol. The Labute approximate surface area is 160 Å². The maximum Gasteiger partial charge on any atom is 0.195 e. The average Bonchev–Trinajstić information content (AvgIpc) is 2.94. The van der Waals surface area contributed by atoms with Crippen molar-refractivity contribution in [3.05, 3.63) is 17.0 Å². The summed E-state index contributed by atoms with van der Waals surface area (Å²) in [5.41, 5.74) is 0.658. The molecule has 1 atom stereocenters. The summed E-state index contributed by atoms with van der Waals surface area (Å²) in [5.74, 6) is 0.479. The molecule has 0 bridgehead atoms. The van der Waals surface area contributed by atoms with Crippen molar-refractivity contribution < 1.29 is 8.95 Å². The number of nitrogens with zero attached hydrogens (tertiary/aromatic N) is 1. The largest absolute Gasteiger partial charge is 0.371 e. The first-order valence-corrected chi connectivity index (χ1v) is 14.2. The van der Waals surface area contributed by atoms with Gasteiger partial charge in [0.15, 0.2) is 8.24 Å². The molecule has 0 aromatic carbocycles. The first kappa shape index (κ1) is 22.8. The second-order valence-corrected chi connectivity index (χ2v) is 17.4. The lowest BCUT2D eigenvalue weighted by Gasteiger charge is -2.33. The molecule has 0 aliphatic rings. The van der Waals surface area contributed by atoms with Crippen molar-refractivity contribution >= 4 is 29.5 Å². The zero-order chi connectivity index (χ0) is 19.7. The highest BCUT2D eigenvalue weighted by Crippen LogP contribution is 2.39. The highest BCUT2D eigenvalue weighted by atomic mass is 32.2. The molecule has 1 unspecified atom stereocenters. The average molecular weight is 405 g/mol. The summed E-state index contributed by atoms with van der Waals surface area (Å²) < 4.78 is 28.3. The molecular formula is C18H36N2O2S2Si. The minimum Gasteiger partial charge on any atom is -0.371 e. The first-order chi connectivity index (χ1) is 11.1. The molecule has 0 aliphatic heterocycles. The Morgan fingerprint density at radius 3 is 2.28 bits per heavy atom. The van der Waals surface area contributed by atoms with E-state index in [2.05, 4.69) is 66.3 Å². The van der Waals surface area contributed by atoms with E-state index in [1.807, 2.05) is 11.4 Å². The molecule has 4 nitrogen and oxygen atoms in total. The van der Waals surface area contributed by atoms with E-state index in [-0.39, 0.29) is 5.04 Å². The minimum atomic E-state index is -2.62. The van der Waals surface area contributed by atoms with E-state index < -0.39 is 23.8 Å². The molecule has 0 amide bonds. The Kier molecular flexibility index (Phi) is 7.12. The normalized spacial score (nSPS) is 16.1. The molecule has 1 N–H and O–H groups in total. The van der Waals surface area contributed by atoms with Gasteiger partial charge in [-0.1, -0.05) is 34.6 Å². The van der Waals surface area contributed by atoms with Gasteiger partial charge < -0.3 is 4.74 Å². The van der Waals surface area contributed by atoms with Crippen LogP contribution in [0.1, 0.15) is 54.0 Å². The van der Waals surface area contributed by atoms with Gasteiger partial charge in [-0.05, 0) is 62.0 Å². The van der Waals surface area contributed by atoms with Gasteiger partial charge in [0.2, 0.25) is 0 Å². The quantitative estimate of drug-likeness (QED) is 0.599. The van der Waals surface area contributed by atoms with Crippen LogP contribution >= 0.6 is 11.3 Å².